The minimum absolute atomic E-state index is 0.0916. The van der Waals surface area contributed by atoms with E-state index in [0.717, 1.165) is 31.3 Å². The van der Waals surface area contributed by atoms with Gasteiger partial charge < -0.3 is 104 Å². The highest BCUT2D eigenvalue weighted by Gasteiger charge is 2.72. The summed E-state index contributed by atoms with van der Waals surface area (Å²) < 4.78 is 48.6. The van der Waals surface area contributed by atoms with Crippen LogP contribution in [0.4, 0.5) is 0 Å². The second-order valence-corrected chi connectivity index (χ2v) is 24.8. The third kappa shape index (κ3) is 10.3. The molecule has 21 nitrogen and oxygen atoms in total. The number of fused-ring (bicyclic) bond motifs is 5. The average molecular weight is 1050 g/mol. The Morgan fingerprint density at radius 1 is 0.603 bits per heavy atom. The Balaban J connectivity index is 0.998. The van der Waals surface area contributed by atoms with Crippen LogP contribution in [0.15, 0.2) is 11.6 Å². The number of aliphatic hydroxyl groups is 13. The number of hydrogen-bond donors (Lipinski definition) is 13. The monoisotopic (exact) mass is 1050 g/mol. The van der Waals surface area contributed by atoms with Crippen molar-refractivity contribution in [2.45, 2.75) is 242 Å². The quantitative estimate of drug-likeness (QED) is 0.0739. The summed E-state index contributed by atoms with van der Waals surface area (Å²) in [7, 11) is 0. The van der Waals surface area contributed by atoms with E-state index in [0.29, 0.717) is 32.1 Å². The summed E-state index contributed by atoms with van der Waals surface area (Å²) in [6, 6.07) is 0. The lowest BCUT2D eigenvalue weighted by atomic mass is 9.35. The Morgan fingerprint density at radius 3 is 1.85 bits per heavy atom. The third-order valence-corrected chi connectivity index (χ3v) is 20.1. The van der Waals surface area contributed by atoms with Crippen molar-refractivity contribution >= 4 is 0 Å². The molecule has 0 spiro atoms. The zero-order chi connectivity index (χ0) is 53.5. The highest BCUT2D eigenvalue weighted by molar-refractivity contribution is 5.20. The van der Waals surface area contributed by atoms with E-state index < -0.39 is 147 Å². The smallest absolute Gasteiger partial charge is 0.187 e. The summed E-state index contributed by atoms with van der Waals surface area (Å²) in [5, 5.41) is 140. The predicted octanol–water partition coefficient (Wildman–Crippen LogP) is -0.924. The molecule has 21 heteroatoms. The van der Waals surface area contributed by atoms with Crippen LogP contribution < -0.4 is 0 Å². The molecule has 0 bridgehead atoms. The van der Waals surface area contributed by atoms with Gasteiger partial charge in [0, 0.05) is 0 Å². The fourth-order valence-corrected chi connectivity index (χ4v) is 15.7. The number of ether oxygens (including phenoxy) is 8. The lowest BCUT2D eigenvalue weighted by molar-refractivity contribution is -0.367. The summed E-state index contributed by atoms with van der Waals surface area (Å²) in [5.74, 6) is -0.256. The number of aliphatic hydroxyl groups excluding tert-OH is 13. The minimum atomic E-state index is -1.75. The Morgan fingerprint density at radius 2 is 1.19 bits per heavy atom. The molecule has 8 fully saturated rings. The number of hydrogen-bond acceptors (Lipinski definition) is 21. The summed E-state index contributed by atoms with van der Waals surface area (Å²) in [4.78, 5) is 0. The van der Waals surface area contributed by atoms with Crippen molar-refractivity contribution in [3.63, 3.8) is 0 Å². The average Bonchev–Trinajstić information content (AvgIpc) is 3.72. The number of allylic oxidation sites excluding steroid dienone is 2. The Labute approximate surface area is 428 Å². The largest absolute Gasteiger partial charge is 0.394 e. The fraction of sp³-hybridized carbons (Fsp3) is 0.962. The lowest BCUT2D eigenvalue weighted by Gasteiger charge is -2.71. The van der Waals surface area contributed by atoms with E-state index in [1.54, 1.807) is 0 Å². The standard InChI is InChI=1S/C52H88O21/c1-23(2)10-9-14-52(8,73-46-42(65)39(62)37(60)29(70-46)22-68-44-40(63)34(57)26(55)20-66-44)24-11-16-51(7)33(24)25(54)18-31-49(5)15-13-32(48(3,4)30(49)12-17-50(31,51)6)71-47-43(35(58)27(56)21-67-47)72-45-41(64)38(61)36(59)28(19-53)69-45/h10,24-47,53-65H,9,11-22H2,1-8H3. The van der Waals surface area contributed by atoms with Crippen molar-refractivity contribution in [3.05, 3.63) is 11.6 Å². The van der Waals surface area contributed by atoms with E-state index in [2.05, 4.69) is 40.7 Å². The van der Waals surface area contributed by atoms with Gasteiger partial charge in [0.15, 0.2) is 25.2 Å². The minimum Gasteiger partial charge on any atom is -0.394 e. The summed E-state index contributed by atoms with van der Waals surface area (Å²) in [6.45, 7) is 15.7. The van der Waals surface area contributed by atoms with Crippen LogP contribution in [0, 0.1) is 45.3 Å². The van der Waals surface area contributed by atoms with Crippen LogP contribution >= 0.6 is 0 Å². The first-order chi connectivity index (χ1) is 34.1. The van der Waals surface area contributed by atoms with Crippen LogP contribution in [-0.2, 0) is 37.9 Å². The molecule has 4 aliphatic carbocycles. The number of rotatable bonds is 14. The Bertz CT molecular complexity index is 1890. The normalized spacial score (nSPS) is 52.8. The SMILES string of the molecule is CC(C)=CCCC(C)(OC1OC(COC2OCC(O)C(O)C2O)C(O)C(O)C1O)C1CCC2(C)C1C(O)CC1C3(C)CCC(OC4OCC(O)C(O)C4OC4OC(CO)C(O)C(O)C4O)C(C)(C)C3CCC12C. The topological polar surface area (TPSA) is 337 Å². The second kappa shape index (κ2) is 21.9. The van der Waals surface area contributed by atoms with Gasteiger partial charge in [-0.2, -0.15) is 0 Å². The molecule has 0 aromatic heterocycles. The molecule has 8 rings (SSSR count). The van der Waals surface area contributed by atoms with Crippen LogP contribution in [0.25, 0.3) is 0 Å². The first-order valence-corrected chi connectivity index (χ1v) is 26.7. The second-order valence-electron chi connectivity index (χ2n) is 24.8. The van der Waals surface area contributed by atoms with Gasteiger partial charge in [0.2, 0.25) is 0 Å². The molecule has 0 aromatic carbocycles. The van der Waals surface area contributed by atoms with Crippen molar-refractivity contribution in [2.75, 3.05) is 26.4 Å². The highest BCUT2D eigenvalue weighted by atomic mass is 16.8. The van der Waals surface area contributed by atoms with E-state index >= 15 is 0 Å². The Kier molecular flexibility index (Phi) is 17.4. The maximum absolute atomic E-state index is 12.8. The molecule has 28 atom stereocenters. The Hall–Kier alpha value is -1.10. The molecule has 4 heterocycles. The molecule has 0 radical (unpaired) electrons. The summed E-state index contributed by atoms with van der Waals surface area (Å²) >= 11 is 0. The van der Waals surface area contributed by atoms with Gasteiger partial charge in [0.1, 0.15) is 85.5 Å². The van der Waals surface area contributed by atoms with Gasteiger partial charge in [-0.15, -0.1) is 0 Å². The van der Waals surface area contributed by atoms with E-state index in [1.807, 2.05) is 20.8 Å². The van der Waals surface area contributed by atoms with Crippen LogP contribution in [0.5, 0.6) is 0 Å². The molecule has 4 saturated heterocycles. The van der Waals surface area contributed by atoms with Crippen LogP contribution in [0.3, 0.4) is 0 Å². The maximum atomic E-state index is 12.8. The maximum Gasteiger partial charge on any atom is 0.187 e. The molecule has 8 aliphatic rings. The molecule has 73 heavy (non-hydrogen) atoms. The lowest BCUT2D eigenvalue weighted by Crippen LogP contribution is -2.67. The summed E-state index contributed by atoms with van der Waals surface area (Å²) in [6.07, 6.45) is -19.8. The van der Waals surface area contributed by atoms with E-state index in [9.17, 15) is 66.4 Å². The molecule has 0 aromatic rings. The molecule has 28 unspecified atom stereocenters. The van der Waals surface area contributed by atoms with Gasteiger partial charge in [-0.3, -0.25) is 0 Å². The zero-order valence-corrected chi connectivity index (χ0v) is 43.7. The van der Waals surface area contributed by atoms with Crippen LogP contribution in [0.1, 0.15) is 113 Å². The molecular formula is C52H88O21. The molecule has 0 amide bonds. The van der Waals surface area contributed by atoms with Crippen molar-refractivity contribution in [1.29, 1.82) is 0 Å². The molecule has 4 aliphatic heterocycles. The van der Waals surface area contributed by atoms with Gasteiger partial charge in [-0.1, -0.05) is 46.3 Å². The van der Waals surface area contributed by atoms with Gasteiger partial charge >= 0.3 is 0 Å². The first-order valence-electron chi connectivity index (χ1n) is 26.7. The molecule has 422 valence electrons. The van der Waals surface area contributed by atoms with Gasteiger partial charge in [0.05, 0.1) is 44.2 Å². The van der Waals surface area contributed by atoms with Crippen molar-refractivity contribution < 1.29 is 104 Å². The van der Waals surface area contributed by atoms with Crippen LogP contribution in [0.2, 0.25) is 0 Å². The highest BCUT2D eigenvalue weighted by Crippen LogP contribution is 2.76. The van der Waals surface area contributed by atoms with E-state index in [-0.39, 0.29) is 53.1 Å². The van der Waals surface area contributed by atoms with Crippen molar-refractivity contribution in [2.24, 2.45) is 45.3 Å². The predicted molar refractivity (Wildman–Crippen MR) is 254 cm³/mol. The van der Waals surface area contributed by atoms with Gasteiger partial charge in [-0.05, 0) is 124 Å². The van der Waals surface area contributed by atoms with Crippen LogP contribution in [-0.4, -0.2) is 221 Å². The van der Waals surface area contributed by atoms with E-state index in [1.165, 1.54) is 0 Å². The van der Waals surface area contributed by atoms with Gasteiger partial charge in [0.25, 0.3) is 0 Å². The third-order valence-electron chi connectivity index (χ3n) is 20.1. The van der Waals surface area contributed by atoms with Crippen molar-refractivity contribution in [1.82, 2.24) is 0 Å². The summed E-state index contributed by atoms with van der Waals surface area (Å²) in [5.41, 5.74) is -1.26. The molecular weight excluding hydrogens is 961 g/mol. The van der Waals surface area contributed by atoms with Gasteiger partial charge in [-0.25, -0.2) is 0 Å². The fourth-order valence-electron chi connectivity index (χ4n) is 15.7. The van der Waals surface area contributed by atoms with E-state index in [4.69, 9.17) is 37.9 Å². The molecule has 13 N–H and O–H groups in total. The van der Waals surface area contributed by atoms with Crippen molar-refractivity contribution in [3.8, 4) is 0 Å². The molecule has 4 saturated carbocycles. The zero-order valence-electron chi connectivity index (χ0n) is 43.7. The first kappa shape index (κ1) is 58.1.